The SMILES string of the molecule is CCC[C@@H]1CCc2c(sc(NC(=O)c3cccc(OC)c3)c2C(=O)OCC)C1. The van der Waals surface area contributed by atoms with Crippen molar-refractivity contribution in [2.75, 3.05) is 19.0 Å². The van der Waals surface area contributed by atoms with Crippen LogP contribution in [0.25, 0.3) is 0 Å². The first-order valence-electron chi connectivity index (χ1n) is 9.84. The highest BCUT2D eigenvalue weighted by Crippen LogP contribution is 2.41. The Labute approximate surface area is 170 Å². The molecule has 2 aromatic rings. The molecule has 1 heterocycles. The summed E-state index contributed by atoms with van der Waals surface area (Å²) in [6.07, 6.45) is 5.26. The predicted octanol–water partition coefficient (Wildman–Crippen LogP) is 5.09. The van der Waals surface area contributed by atoms with Crippen LogP contribution in [0.4, 0.5) is 5.00 Å². The van der Waals surface area contributed by atoms with Gasteiger partial charge in [0.15, 0.2) is 0 Å². The van der Waals surface area contributed by atoms with Crippen LogP contribution in [0.2, 0.25) is 0 Å². The fourth-order valence-electron chi connectivity index (χ4n) is 3.76. The van der Waals surface area contributed by atoms with Gasteiger partial charge in [-0.15, -0.1) is 11.3 Å². The van der Waals surface area contributed by atoms with E-state index in [4.69, 9.17) is 9.47 Å². The van der Waals surface area contributed by atoms with Crippen LogP contribution < -0.4 is 10.1 Å². The van der Waals surface area contributed by atoms with Crippen LogP contribution in [0.1, 0.15) is 64.3 Å². The number of thiophene rings is 1. The largest absolute Gasteiger partial charge is 0.497 e. The maximum atomic E-state index is 12.8. The summed E-state index contributed by atoms with van der Waals surface area (Å²) in [7, 11) is 1.57. The third-order valence-corrected chi connectivity index (χ3v) is 6.27. The van der Waals surface area contributed by atoms with E-state index in [-0.39, 0.29) is 11.9 Å². The number of carbonyl (C=O) groups excluding carboxylic acids is 2. The molecule has 6 heteroatoms. The molecule has 150 valence electrons. The van der Waals surface area contributed by atoms with Gasteiger partial charge >= 0.3 is 5.97 Å². The van der Waals surface area contributed by atoms with Crippen molar-refractivity contribution in [3.05, 3.63) is 45.8 Å². The van der Waals surface area contributed by atoms with E-state index in [1.54, 1.807) is 38.3 Å². The number of carbonyl (C=O) groups is 2. The topological polar surface area (TPSA) is 64.6 Å². The van der Waals surface area contributed by atoms with Crippen LogP contribution in [-0.2, 0) is 17.6 Å². The lowest BCUT2D eigenvalue weighted by Gasteiger charge is -2.21. The number of hydrogen-bond acceptors (Lipinski definition) is 5. The van der Waals surface area contributed by atoms with E-state index in [1.165, 1.54) is 22.6 Å². The molecule has 0 unspecified atom stereocenters. The zero-order valence-electron chi connectivity index (χ0n) is 16.7. The molecule has 3 rings (SSSR count). The Hall–Kier alpha value is -2.34. The maximum Gasteiger partial charge on any atom is 0.341 e. The fraction of sp³-hybridized carbons (Fsp3) is 0.455. The second-order valence-corrected chi connectivity index (χ2v) is 8.12. The Morgan fingerprint density at radius 2 is 2.11 bits per heavy atom. The van der Waals surface area contributed by atoms with E-state index in [2.05, 4.69) is 12.2 Å². The van der Waals surface area contributed by atoms with Gasteiger partial charge in [0.2, 0.25) is 0 Å². The van der Waals surface area contributed by atoms with Gasteiger partial charge in [0.1, 0.15) is 10.8 Å². The fourth-order valence-corrected chi connectivity index (χ4v) is 5.10. The van der Waals surface area contributed by atoms with Gasteiger partial charge in [0, 0.05) is 10.4 Å². The van der Waals surface area contributed by atoms with Crippen LogP contribution >= 0.6 is 11.3 Å². The quantitative estimate of drug-likeness (QED) is 0.656. The first kappa shape index (κ1) is 20.4. The molecule has 1 aliphatic carbocycles. The zero-order chi connectivity index (χ0) is 20.1. The zero-order valence-corrected chi connectivity index (χ0v) is 17.5. The number of fused-ring (bicyclic) bond motifs is 1. The minimum Gasteiger partial charge on any atom is -0.497 e. The molecule has 1 aliphatic rings. The highest BCUT2D eigenvalue weighted by atomic mass is 32.1. The number of esters is 1. The summed E-state index contributed by atoms with van der Waals surface area (Å²) in [6, 6.07) is 6.98. The summed E-state index contributed by atoms with van der Waals surface area (Å²) in [4.78, 5) is 26.6. The molecule has 1 amide bonds. The number of nitrogens with one attached hydrogen (secondary N) is 1. The Morgan fingerprint density at radius 3 is 2.82 bits per heavy atom. The van der Waals surface area contributed by atoms with Crippen molar-refractivity contribution in [2.24, 2.45) is 5.92 Å². The number of anilines is 1. The molecule has 0 fully saturated rings. The lowest BCUT2D eigenvalue weighted by molar-refractivity contribution is 0.0526. The van der Waals surface area contributed by atoms with Gasteiger partial charge < -0.3 is 14.8 Å². The Morgan fingerprint density at radius 1 is 1.29 bits per heavy atom. The summed E-state index contributed by atoms with van der Waals surface area (Å²) in [5, 5.41) is 3.54. The molecule has 0 saturated carbocycles. The van der Waals surface area contributed by atoms with Crippen molar-refractivity contribution < 1.29 is 19.1 Å². The second kappa shape index (κ2) is 9.24. The molecule has 1 atom stereocenters. The second-order valence-electron chi connectivity index (χ2n) is 7.01. The predicted molar refractivity (Wildman–Crippen MR) is 112 cm³/mol. The van der Waals surface area contributed by atoms with Crippen molar-refractivity contribution in [3.8, 4) is 5.75 Å². The maximum absolute atomic E-state index is 12.8. The molecule has 1 N–H and O–H groups in total. The molecule has 1 aromatic carbocycles. The van der Waals surface area contributed by atoms with E-state index in [0.29, 0.717) is 34.4 Å². The van der Waals surface area contributed by atoms with Gasteiger partial charge in [-0.2, -0.15) is 0 Å². The monoisotopic (exact) mass is 401 g/mol. The summed E-state index contributed by atoms with van der Waals surface area (Å²) in [5.41, 5.74) is 2.08. The Kier molecular flexibility index (Phi) is 6.73. The van der Waals surface area contributed by atoms with Gasteiger partial charge in [0.05, 0.1) is 19.3 Å². The Balaban J connectivity index is 1.91. The summed E-state index contributed by atoms with van der Waals surface area (Å²) in [6.45, 7) is 4.31. The number of ether oxygens (including phenoxy) is 2. The third kappa shape index (κ3) is 4.38. The summed E-state index contributed by atoms with van der Waals surface area (Å²) < 4.78 is 10.5. The molecule has 28 heavy (non-hydrogen) atoms. The molecule has 0 spiro atoms. The van der Waals surface area contributed by atoms with Crippen molar-refractivity contribution in [1.82, 2.24) is 0 Å². The number of benzene rings is 1. The standard InChI is InChI=1S/C22H27NO4S/c1-4-7-14-10-11-17-18(12-14)28-21(19(17)22(25)27-5-2)23-20(24)15-8-6-9-16(13-15)26-3/h6,8-9,13-14H,4-5,7,10-12H2,1-3H3,(H,23,24)/t14-/m1/s1. The summed E-state index contributed by atoms with van der Waals surface area (Å²) in [5.74, 6) is 0.655. The number of rotatable bonds is 7. The van der Waals surface area contributed by atoms with Crippen LogP contribution in [0.3, 0.4) is 0 Å². The smallest absolute Gasteiger partial charge is 0.341 e. The molecule has 0 bridgehead atoms. The van der Waals surface area contributed by atoms with Crippen molar-refractivity contribution in [1.29, 1.82) is 0 Å². The normalized spacial score (nSPS) is 15.6. The number of hydrogen-bond donors (Lipinski definition) is 1. The van der Waals surface area contributed by atoms with E-state index in [9.17, 15) is 9.59 Å². The molecular weight excluding hydrogens is 374 g/mol. The molecular formula is C22H27NO4S. The molecule has 0 saturated heterocycles. The van der Waals surface area contributed by atoms with E-state index in [1.807, 2.05) is 0 Å². The Bertz CT molecular complexity index is 858. The van der Waals surface area contributed by atoms with Gasteiger partial charge in [-0.3, -0.25) is 4.79 Å². The van der Waals surface area contributed by atoms with Gasteiger partial charge in [-0.05, 0) is 55.9 Å². The van der Waals surface area contributed by atoms with E-state index < -0.39 is 0 Å². The minimum atomic E-state index is -0.352. The molecule has 0 aliphatic heterocycles. The first-order valence-corrected chi connectivity index (χ1v) is 10.7. The lowest BCUT2D eigenvalue weighted by Crippen LogP contribution is -2.17. The summed E-state index contributed by atoms with van der Waals surface area (Å²) >= 11 is 1.51. The minimum absolute atomic E-state index is 0.256. The highest BCUT2D eigenvalue weighted by molar-refractivity contribution is 7.17. The average Bonchev–Trinajstić information content (AvgIpc) is 3.05. The van der Waals surface area contributed by atoms with Gasteiger partial charge in [-0.25, -0.2) is 4.79 Å². The average molecular weight is 402 g/mol. The van der Waals surface area contributed by atoms with Gasteiger partial charge in [-0.1, -0.05) is 25.8 Å². The molecule has 5 nitrogen and oxygen atoms in total. The first-order chi connectivity index (χ1) is 13.6. The molecule has 0 radical (unpaired) electrons. The van der Waals surface area contributed by atoms with Gasteiger partial charge in [0.25, 0.3) is 5.91 Å². The number of methoxy groups -OCH3 is 1. The van der Waals surface area contributed by atoms with Crippen LogP contribution in [0, 0.1) is 5.92 Å². The van der Waals surface area contributed by atoms with Crippen LogP contribution in [-0.4, -0.2) is 25.6 Å². The lowest BCUT2D eigenvalue weighted by atomic mass is 9.84. The molecule has 1 aromatic heterocycles. The van der Waals surface area contributed by atoms with Crippen LogP contribution in [0.5, 0.6) is 5.75 Å². The number of amides is 1. The van der Waals surface area contributed by atoms with E-state index >= 15 is 0 Å². The van der Waals surface area contributed by atoms with Crippen molar-refractivity contribution in [2.45, 2.75) is 46.0 Å². The van der Waals surface area contributed by atoms with Crippen molar-refractivity contribution in [3.63, 3.8) is 0 Å². The van der Waals surface area contributed by atoms with Crippen molar-refractivity contribution >= 4 is 28.2 Å². The third-order valence-electron chi connectivity index (χ3n) is 5.10. The highest BCUT2D eigenvalue weighted by Gasteiger charge is 2.30. The van der Waals surface area contributed by atoms with Crippen LogP contribution in [0.15, 0.2) is 24.3 Å². The van der Waals surface area contributed by atoms with E-state index in [0.717, 1.165) is 31.2 Å².